The summed E-state index contributed by atoms with van der Waals surface area (Å²) >= 11 is 0. The van der Waals surface area contributed by atoms with Crippen molar-refractivity contribution < 1.29 is 4.39 Å². The zero-order valence-electron chi connectivity index (χ0n) is 19.5. The summed E-state index contributed by atoms with van der Waals surface area (Å²) in [7, 11) is 0. The summed E-state index contributed by atoms with van der Waals surface area (Å²) in [4.78, 5) is 10.4. The Balaban J connectivity index is 1.54. The van der Waals surface area contributed by atoms with Crippen molar-refractivity contribution in [1.29, 1.82) is 0 Å². The molecule has 0 saturated carbocycles. The van der Waals surface area contributed by atoms with Crippen molar-refractivity contribution >= 4 is 16.7 Å². The summed E-state index contributed by atoms with van der Waals surface area (Å²) in [5, 5.41) is 0. The third kappa shape index (κ3) is 3.54. The molecule has 164 valence electrons. The lowest BCUT2D eigenvalue weighted by molar-refractivity contribution is 0.332. The second-order valence-corrected chi connectivity index (χ2v) is 11.1. The van der Waals surface area contributed by atoms with Gasteiger partial charge in [-0.05, 0) is 65.7 Å². The van der Waals surface area contributed by atoms with E-state index in [0.717, 1.165) is 54.3 Å². The Morgan fingerprint density at radius 1 is 0.968 bits per heavy atom. The molecule has 2 aliphatic rings. The van der Waals surface area contributed by atoms with Crippen LogP contribution in [0.3, 0.4) is 0 Å². The monoisotopic (exact) mass is 419 g/mol. The first-order valence-electron chi connectivity index (χ1n) is 11.7. The quantitative estimate of drug-likeness (QED) is 0.487. The molecule has 2 aromatic carbocycles. The number of nitrogens with zero attached hydrogens (tertiary/aromatic N) is 2. The number of piperidine rings is 1. The second kappa shape index (κ2) is 7.08. The Morgan fingerprint density at radius 2 is 1.65 bits per heavy atom. The largest absolute Gasteiger partial charge is 0.369 e. The van der Waals surface area contributed by atoms with E-state index in [-0.39, 0.29) is 16.6 Å². The van der Waals surface area contributed by atoms with Crippen LogP contribution in [0.5, 0.6) is 0 Å². The second-order valence-electron chi connectivity index (χ2n) is 11.1. The molecule has 1 aromatic heterocycles. The van der Waals surface area contributed by atoms with E-state index in [1.165, 1.54) is 24.0 Å². The average molecular weight is 420 g/mol. The highest BCUT2D eigenvalue weighted by Gasteiger charge is 2.37. The van der Waals surface area contributed by atoms with E-state index in [1.54, 1.807) is 6.07 Å². The first kappa shape index (κ1) is 20.5. The summed E-state index contributed by atoms with van der Waals surface area (Å²) in [6, 6.07) is 10.3. The summed E-state index contributed by atoms with van der Waals surface area (Å²) in [6.07, 6.45) is 4.61. The minimum atomic E-state index is -0.162. The van der Waals surface area contributed by atoms with Crippen LogP contribution < -0.4 is 4.90 Å². The van der Waals surface area contributed by atoms with Gasteiger partial charge in [0, 0.05) is 24.7 Å². The number of aromatic amines is 1. The van der Waals surface area contributed by atoms with Crippen molar-refractivity contribution in [3.8, 4) is 11.4 Å². The standard InChI is InChI=1S/C27H34FN3/c1-17-8-12-31(13-9-17)24-16-23-22(15-21(24)28)29-25(30-23)18-6-7-19-20(14-18)27(4,5)11-10-26(19,2)3/h6-7,14-17H,8-13H2,1-5H3,(H,29,30). The van der Waals surface area contributed by atoms with Gasteiger partial charge >= 0.3 is 0 Å². The Morgan fingerprint density at radius 3 is 2.35 bits per heavy atom. The maximum atomic E-state index is 14.9. The SMILES string of the molecule is CC1CCN(c2cc3nc(-c4ccc5c(c4)C(C)(C)CCC5(C)C)[nH]c3cc2F)CC1. The molecule has 0 bridgehead atoms. The number of benzene rings is 2. The van der Waals surface area contributed by atoms with Gasteiger partial charge in [0.2, 0.25) is 0 Å². The van der Waals surface area contributed by atoms with E-state index in [9.17, 15) is 4.39 Å². The highest BCUT2D eigenvalue weighted by Crippen LogP contribution is 2.46. The molecular formula is C27H34FN3. The van der Waals surface area contributed by atoms with Gasteiger partial charge < -0.3 is 9.88 Å². The lowest BCUT2D eigenvalue weighted by Gasteiger charge is -2.42. The molecule has 4 heteroatoms. The van der Waals surface area contributed by atoms with Gasteiger partial charge in [0.25, 0.3) is 0 Å². The van der Waals surface area contributed by atoms with Gasteiger partial charge in [-0.2, -0.15) is 0 Å². The van der Waals surface area contributed by atoms with E-state index < -0.39 is 0 Å². The maximum Gasteiger partial charge on any atom is 0.148 e. The number of imidazole rings is 1. The molecule has 0 unspecified atom stereocenters. The van der Waals surface area contributed by atoms with Crippen LogP contribution in [0.15, 0.2) is 30.3 Å². The zero-order chi connectivity index (χ0) is 22.0. The lowest BCUT2D eigenvalue weighted by atomic mass is 9.63. The smallest absolute Gasteiger partial charge is 0.148 e. The van der Waals surface area contributed by atoms with Crippen molar-refractivity contribution in [3.63, 3.8) is 0 Å². The Kier molecular flexibility index (Phi) is 4.69. The molecule has 1 aliphatic heterocycles. The predicted molar refractivity (Wildman–Crippen MR) is 127 cm³/mol. The number of halogens is 1. The number of fused-ring (bicyclic) bond motifs is 2. The number of aromatic nitrogens is 2. The molecule has 3 nitrogen and oxygen atoms in total. The molecule has 2 heterocycles. The number of hydrogen-bond acceptors (Lipinski definition) is 2. The summed E-state index contributed by atoms with van der Waals surface area (Å²) in [5.74, 6) is 1.38. The third-order valence-electron chi connectivity index (χ3n) is 7.80. The van der Waals surface area contributed by atoms with Crippen molar-refractivity contribution in [3.05, 3.63) is 47.3 Å². The number of nitrogens with one attached hydrogen (secondary N) is 1. The van der Waals surface area contributed by atoms with E-state index in [1.807, 2.05) is 6.07 Å². The minimum Gasteiger partial charge on any atom is -0.369 e. The number of rotatable bonds is 2. The van der Waals surface area contributed by atoms with Crippen molar-refractivity contribution in [1.82, 2.24) is 9.97 Å². The first-order valence-corrected chi connectivity index (χ1v) is 11.7. The Labute approximate surface area is 185 Å². The summed E-state index contributed by atoms with van der Waals surface area (Å²) in [6.45, 7) is 13.5. The van der Waals surface area contributed by atoms with Crippen LogP contribution in [-0.2, 0) is 10.8 Å². The molecule has 0 atom stereocenters. The van der Waals surface area contributed by atoms with Crippen LogP contribution in [0, 0.1) is 11.7 Å². The molecule has 0 spiro atoms. The predicted octanol–water partition coefficient (Wildman–Crippen LogP) is 6.95. The van der Waals surface area contributed by atoms with Gasteiger partial charge in [0.05, 0.1) is 16.7 Å². The van der Waals surface area contributed by atoms with Gasteiger partial charge in [0.15, 0.2) is 0 Å². The number of H-pyrrole nitrogens is 1. The maximum absolute atomic E-state index is 14.9. The van der Waals surface area contributed by atoms with Crippen LogP contribution in [0.25, 0.3) is 22.4 Å². The number of hydrogen-bond donors (Lipinski definition) is 1. The van der Waals surface area contributed by atoms with Gasteiger partial charge in [-0.1, -0.05) is 46.8 Å². The lowest BCUT2D eigenvalue weighted by Crippen LogP contribution is -2.33. The van der Waals surface area contributed by atoms with Gasteiger partial charge in [-0.15, -0.1) is 0 Å². The van der Waals surface area contributed by atoms with Gasteiger partial charge in [-0.3, -0.25) is 0 Å². The Hall–Kier alpha value is -2.36. The van der Waals surface area contributed by atoms with Crippen molar-refractivity contribution in [2.75, 3.05) is 18.0 Å². The summed E-state index contributed by atoms with van der Waals surface area (Å²) in [5.41, 5.74) is 6.56. The van der Waals surface area contributed by atoms with E-state index in [0.29, 0.717) is 5.69 Å². The highest BCUT2D eigenvalue weighted by atomic mass is 19.1. The molecule has 1 aliphatic carbocycles. The van der Waals surface area contributed by atoms with Crippen molar-refractivity contribution in [2.24, 2.45) is 5.92 Å². The molecule has 31 heavy (non-hydrogen) atoms. The molecule has 3 aromatic rings. The molecule has 0 radical (unpaired) electrons. The average Bonchev–Trinajstić information content (AvgIpc) is 3.14. The molecule has 1 saturated heterocycles. The normalized spacial score (nSPS) is 20.8. The molecule has 1 fully saturated rings. The van der Waals surface area contributed by atoms with Crippen LogP contribution in [0.2, 0.25) is 0 Å². The summed E-state index contributed by atoms with van der Waals surface area (Å²) < 4.78 is 14.9. The number of anilines is 1. The fourth-order valence-electron chi connectivity index (χ4n) is 5.38. The van der Waals surface area contributed by atoms with Gasteiger partial charge in [0.1, 0.15) is 11.6 Å². The zero-order valence-corrected chi connectivity index (χ0v) is 19.5. The molecule has 5 rings (SSSR count). The fraction of sp³-hybridized carbons (Fsp3) is 0.519. The van der Waals surface area contributed by atoms with Crippen LogP contribution >= 0.6 is 0 Å². The van der Waals surface area contributed by atoms with Crippen LogP contribution in [-0.4, -0.2) is 23.1 Å². The molecule has 0 amide bonds. The molecular weight excluding hydrogens is 385 g/mol. The minimum absolute atomic E-state index is 0.150. The fourth-order valence-corrected chi connectivity index (χ4v) is 5.38. The molecule has 1 N–H and O–H groups in total. The van der Waals surface area contributed by atoms with E-state index in [4.69, 9.17) is 4.98 Å². The third-order valence-corrected chi connectivity index (χ3v) is 7.80. The highest BCUT2D eigenvalue weighted by molar-refractivity contribution is 5.83. The first-order chi connectivity index (χ1) is 14.6. The van der Waals surface area contributed by atoms with E-state index in [2.05, 4.69) is 62.7 Å². The van der Waals surface area contributed by atoms with E-state index >= 15 is 0 Å². The van der Waals surface area contributed by atoms with Crippen LogP contribution in [0.1, 0.15) is 71.4 Å². The van der Waals surface area contributed by atoms with Crippen LogP contribution in [0.4, 0.5) is 10.1 Å². The topological polar surface area (TPSA) is 31.9 Å². The van der Waals surface area contributed by atoms with Gasteiger partial charge in [-0.25, -0.2) is 9.37 Å². The Bertz CT molecular complexity index is 1130. The van der Waals surface area contributed by atoms with Crippen molar-refractivity contribution in [2.45, 2.75) is 71.1 Å².